The van der Waals surface area contributed by atoms with Crippen LogP contribution >= 0.6 is 0 Å². The number of carbonyl (C=O) groups is 1. The zero-order chi connectivity index (χ0) is 14.1. The Labute approximate surface area is 115 Å². The van der Waals surface area contributed by atoms with E-state index in [0.29, 0.717) is 12.3 Å². The molecule has 0 amide bonds. The molecule has 2 aromatic rings. The van der Waals surface area contributed by atoms with Gasteiger partial charge in [0.25, 0.3) is 0 Å². The molecule has 1 aliphatic heterocycles. The van der Waals surface area contributed by atoms with Gasteiger partial charge in [-0.3, -0.25) is 0 Å². The van der Waals surface area contributed by atoms with Gasteiger partial charge in [0, 0.05) is 6.92 Å². The molecule has 5 nitrogen and oxygen atoms in total. The van der Waals surface area contributed by atoms with E-state index in [1.165, 1.54) is 6.92 Å². The summed E-state index contributed by atoms with van der Waals surface area (Å²) in [6.07, 6.45) is 0. The number of methoxy groups -OCH3 is 1. The molecule has 0 atom stereocenters. The van der Waals surface area contributed by atoms with Crippen molar-refractivity contribution in [2.75, 3.05) is 13.7 Å². The Balaban J connectivity index is 2.14. The maximum atomic E-state index is 10.9. The molecule has 3 rings (SSSR count). The zero-order valence-electron chi connectivity index (χ0n) is 11.2. The molecule has 0 aromatic heterocycles. The summed E-state index contributed by atoms with van der Waals surface area (Å²) in [5, 5.41) is 5.88. The second-order valence-corrected chi connectivity index (χ2v) is 4.44. The molecule has 0 N–H and O–H groups in total. The fraction of sp³-hybridized carbons (Fsp3) is 0.200. The van der Waals surface area contributed by atoms with Crippen LogP contribution in [0.3, 0.4) is 0 Å². The first kappa shape index (κ1) is 12.5. The quantitative estimate of drug-likeness (QED) is 0.622. The first-order valence-electron chi connectivity index (χ1n) is 6.17. The third-order valence-corrected chi connectivity index (χ3v) is 3.13. The number of carbonyl (C=O) groups excluding carboxylic acids is 1. The molecule has 0 aliphatic carbocycles. The minimum absolute atomic E-state index is 0.299. The average Bonchev–Trinajstić information content (AvgIpc) is 2.87. The number of fused-ring (bicyclic) bond motifs is 3. The van der Waals surface area contributed by atoms with Crippen molar-refractivity contribution < 1.29 is 19.1 Å². The van der Waals surface area contributed by atoms with E-state index in [2.05, 4.69) is 5.16 Å². The second kappa shape index (κ2) is 4.85. The molecule has 0 spiro atoms. The smallest absolute Gasteiger partial charge is 0.331 e. The Hall–Kier alpha value is -2.56. The van der Waals surface area contributed by atoms with Gasteiger partial charge < -0.3 is 14.3 Å². The molecule has 20 heavy (non-hydrogen) atoms. The molecule has 102 valence electrons. The molecule has 0 saturated heterocycles. The number of benzene rings is 2. The molecule has 1 heterocycles. The molecule has 0 fully saturated rings. The number of ether oxygens (including phenoxy) is 2. The van der Waals surface area contributed by atoms with E-state index in [4.69, 9.17) is 14.3 Å². The van der Waals surface area contributed by atoms with Crippen LogP contribution in [0.5, 0.6) is 11.5 Å². The lowest BCUT2D eigenvalue weighted by Gasteiger charge is -2.06. The highest BCUT2D eigenvalue weighted by Gasteiger charge is 2.23. The van der Waals surface area contributed by atoms with Gasteiger partial charge in [0.1, 0.15) is 23.8 Å². The lowest BCUT2D eigenvalue weighted by atomic mass is 10.0. The van der Waals surface area contributed by atoms with Crippen molar-refractivity contribution in [2.24, 2.45) is 5.16 Å². The van der Waals surface area contributed by atoms with Crippen LogP contribution in [0.4, 0.5) is 0 Å². The normalized spacial score (nSPS) is 15.0. The first-order valence-corrected chi connectivity index (χ1v) is 6.17. The van der Waals surface area contributed by atoms with Gasteiger partial charge in [-0.1, -0.05) is 11.2 Å². The van der Waals surface area contributed by atoms with Gasteiger partial charge in [0.15, 0.2) is 0 Å². The fourth-order valence-corrected chi connectivity index (χ4v) is 2.24. The van der Waals surface area contributed by atoms with E-state index < -0.39 is 5.97 Å². The van der Waals surface area contributed by atoms with Gasteiger partial charge in [0.05, 0.1) is 12.7 Å². The summed E-state index contributed by atoms with van der Waals surface area (Å²) in [7, 11) is 1.63. The number of nitrogens with zero attached hydrogens (tertiary/aromatic N) is 1. The third-order valence-electron chi connectivity index (χ3n) is 3.13. The molecule has 0 bridgehead atoms. The van der Waals surface area contributed by atoms with Crippen LogP contribution in [0, 0.1) is 0 Å². The maximum absolute atomic E-state index is 10.9. The molecule has 2 aromatic carbocycles. The molecule has 0 radical (unpaired) electrons. The minimum Gasteiger partial charge on any atom is -0.497 e. The number of oxime groups is 1. The molecule has 0 unspecified atom stereocenters. The van der Waals surface area contributed by atoms with Gasteiger partial charge in [-0.05, 0) is 35.0 Å². The average molecular weight is 271 g/mol. The van der Waals surface area contributed by atoms with Crippen molar-refractivity contribution >= 4 is 22.5 Å². The van der Waals surface area contributed by atoms with Gasteiger partial charge >= 0.3 is 5.97 Å². The van der Waals surface area contributed by atoms with Crippen LogP contribution in [0.1, 0.15) is 12.5 Å². The predicted molar refractivity (Wildman–Crippen MR) is 74.3 cm³/mol. The second-order valence-electron chi connectivity index (χ2n) is 4.44. The topological polar surface area (TPSA) is 57.1 Å². The lowest BCUT2D eigenvalue weighted by molar-refractivity contribution is -0.140. The molecule has 0 saturated carbocycles. The standard InChI is InChI=1S/C15H13NO4/c1-9(17)20-16-13-8-19-14-6-3-10-7-11(18-2)4-5-12(10)15(13)14/h3-7H,8H2,1-2H3/b16-13+. The van der Waals surface area contributed by atoms with Crippen LogP contribution in [0.25, 0.3) is 10.8 Å². The van der Waals surface area contributed by atoms with Crippen molar-refractivity contribution in [1.29, 1.82) is 0 Å². The summed E-state index contributed by atoms with van der Waals surface area (Å²) in [6.45, 7) is 1.61. The zero-order valence-corrected chi connectivity index (χ0v) is 11.2. The summed E-state index contributed by atoms with van der Waals surface area (Å²) in [5.74, 6) is 1.08. The summed E-state index contributed by atoms with van der Waals surface area (Å²) < 4.78 is 10.8. The number of hydrogen-bond acceptors (Lipinski definition) is 5. The third kappa shape index (κ3) is 2.07. The summed E-state index contributed by atoms with van der Waals surface area (Å²) in [4.78, 5) is 15.6. The molecular weight excluding hydrogens is 258 g/mol. The van der Waals surface area contributed by atoms with Crippen LogP contribution in [-0.2, 0) is 9.63 Å². The number of rotatable bonds is 2. The van der Waals surface area contributed by atoms with Crippen LogP contribution in [0.15, 0.2) is 35.5 Å². The highest BCUT2D eigenvalue weighted by Crippen LogP contribution is 2.34. The van der Waals surface area contributed by atoms with Crippen molar-refractivity contribution in [2.45, 2.75) is 6.92 Å². The Morgan fingerprint density at radius 1 is 1.30 bits per heavy atom. The lowest BCUT2D eigenvalue weighted by Crippen LogP contribution is -2.05. The summed E-state index contributed by atoms with van der Waals surface area (Å²) >= 11 is 0. The van der Waals surface area contributed by atoms with Crippen molar-refractivity contribution in [3.8, 4) is 11.5 Å². The number of hydrogen-bond donors (Lipinski definition) is 0. The first-order chi connectivity index (χ1) is 9.69. The molecule has 5 heteroatoms. The van der Waals surface area contributed by atoms with E-state index in [1.54, 1.807) is 7.11 Å². The van der Waals surface area contributed by atoms with E-state index in [0.717, 1.165) is 27.8 Å². The van der Waals surface area contributed by atoms with Crippen LogP contribution < -0.4 is 9.47 Å². The van der Waals surface area contributed by atoms with Gasteiger partial charge in [-0.2, -0.15) is 0 Å². The van der Waals surface area contributed by atoms with E-state index in [1.807, 2.05) is 30.3 Å². The predicted octanol–water partition coefficient (Wildman–Crippen LogP) is 2.51. The largest absolute Gasteiger partial charge is 0.497 e. The maximum Gasteiger partial charge on any atom is 0.331 e. The fourth-order valence-electron chi connectivity index (χ4n) is 2.24. The van der Waals surface area contributed by atoms with Crippen molar-refractivity contribution in [3.05, 3.63) is 35.9 Å². The van der Waals surface area contributed by atoms with Crippen molar-refractivity contribution in [1.82, 2.24) is 0 Å². The Morgan fingerprint density at radius 2 is 2.15 bits per heavy atom. The van der Waals surface area contributed by atoms with Crippen LogP contribution in [0.2, 0.25) is 0 Å². The summed E-state index contributed by atoms with van der Waals surface area (Å²) in [5.41, 5.74) is 1.48. The van der Waals surface area contributed by atoms with E-state index in [9.17, 15) is 4.79 Å². The SMILES string of the molecule is COc1ccc2c3c(ccc2c1)OC/C3=N\OC(C)=O. The monoisotopic (exact) mass is 271 g/mol. The van der Waals surface area contributed by atoms with Gasteiger partial charge in [-0.15, -0.1) is 0 Å². The van der Waals surface area contributed by atoms with E-state index >= 15 is 0 Å². The molecule has 1 aliphatic rings. The minimum atomic E-state index is -0.451. The Morgan fingerprint density at radius 3 is 2.90 bits per heavy atom. The summed E-state index contributed by atoms with van der Waals surface area (Å²) in [6, 6.07) is 9.62. The highest BCUT2D eigenvalue weighted by molar-refractivity contribution is 6.15. The van der Waals surface area contributed by atoms with E-state index in [-0.39, 0.29) is 0 Å². The highest BCUT2D eigenvalue weighted by atomic mass is 16.7. The molecular formula is C15H13NO4. The van der Waals surface area contributed by atoms with Gasteiger partial charge in [0.2, 0.25) is 0 Å². The Bertz CT molecular complexity index is 721. The van der Waals surface area contributed by atoms with Crippen LogP contribution in [-0.4, -0.2) is 25.4 Å². The Kier molecular flexibility index (Phi) is 3.02. The van der Waals surface area contributed by atoms with Gasteiger partial charge in [-0.25, -0.2) is 4.79 Å². The van der Waals surface area contributed by atoms with Crippen molar-refractivity contribution in [3.63, 3.8) is 0 Å².